The van der Waals surface area contributed by atoms with Crippen molar-refractivity contribution in [3.05, 3.63) is 66.7 Å². The second-order valence-corrected chi connectivity index (χ2v) is 7.40. The second-order valence-electron chi connectivity index (χ2n) is 7.40. The largest absolute Gasteiger partial charge is 0.495 e. The number of anilines is 1. The van der Waals surface area contributed by atoms with E-state index < -0.39 is 0 Å². The number of hydrogen-bond acceptors (Lipinski definition) is 5. The first-order valence-electron chi connectivity index (χ1n) is 10.7. The van der Waals surface area contributed by atoms with Gasteiger partial charge in [0.1, 0.15) is 18.6 Å². The Morgan fingerprint density at radius 3 is 2.72 bits per heavy atom. The van der Waals surface area contributed by atoms with E-state index in [9.17, 15) is 0 Å². The number of nitrogens with one attached hydrogen (secondary N) is 2. The first-order chi connectivity index (χ1) is 15.3. The summed E-state index contributed by atoms with van der Waals surface area (Å²) in [7, 11) is 1.72. The van der Waals surface area contributed by atoms with Crippen LogP contribution in [0.5, 0.6) is 5.75 Å². The van der Waals surface area contributed by atoms with Gasteiger partial charge in [-0.15, -0.1) is 34.2 Å². The van der Waals surface area contributed by atoms with Crippen molar-refractivity contribution >= 4 is 35.6 Å². The van der Waals surface area contributed by atoms with E-state index in [0.717, 1.165) is 55.0 Å². The Morgan fingerprint density at radius 2 is 1.94 bits per heavy atom. The zero-order chi connectivity index (χ0) is 21.5. The quantitative estimate of drug-likeness (QED) is 0.269. The lowest BCUT2D eigenvalue weighted by atomic mass is 10.2. The molecule has 1 aliphatic heterocycles. The van der Waals surface area contributed by atoms with Crippen LogP contribution in [0.3, 0.4) is 0 Å². The van der Waals surface area contributed by atoms with E-state index in [0.29, 0.717) is 12.6 Å². The van der Waals surface area contributed by atoms with Crippen LogP contribution < -0.4 is 20.3 Å². The minimum absolute atomic E-state index is 0. The summed E-state index contributed by atoms with van der Waals surface area (Å²) in [6.07, 6.45) is 2.76. The Labute approximate surface area is 206 Å². The molecule has 1 saturated heterocycles. The molecule has 1 aliphatic rings. The summed E-state index contributed by atoms with van der Waals surface area (Å²) >= 11 is 0. The van der Waals surface area contributed by atoms with Gasteiger partial charge in [-0.2, -0.15) is 0 Å². The van der Waals surface area contributed by atoms with Crippen molar-refractivity contribution in [1.82, 2.24) is 25.4 Å². The Kier molecular flexibility index (Phi) is 8.72. The Morgan fingerprint density at radius 1 is 1.16 bits per heavy atom. The first-order valence-corrected chi connectivity index (χ1v) is 10.7. The molecule has 3 aromatic rings. The molecule has 0 spiro atoms. The van der Waals surface area contributed by atoms with Gasteiger partial charge in [0, 0.05) is 31.4 Å². The molecular formula is C23H30IN7O. The van der Waals surface area contributed by atoms with Crippen LogP contribution in [-0.4, -0.2) is 53.5 Å². The third-order valence-corrected chi connectivity index (χ3v) is 5.33. The van der Waals surface area contributed by atoms with Crippen molar-refractivity contribution in [2.24, 2.45) is 4.99 Å². The molecule has 0 saturated carbocycles. The predicted molar refractivity (Wildman–Crippen MR) is 138 cm³/mol. The predicted octanol–water partition coefficient (Wildman–Crippen LogP) is 3.23. The maximum atomic E-state index is 5.53. The van der Waals surface area contributed by atoms with Gasteiger partial charge in [0.2, 0.25) is 0 Å². The topological polar surface area (TPSA) is 79.6 Å². The minimum atomic E-state index is 0. The Bertz CT molecular complexity index is 1010. The number of guanidine groups is 1. The van der Waals surface area contributed by atoms with Gasteiger partial charge in [-0.1, -0.05) is 30.3 Å². The van der Waals surface area contributed by atoms with Gasteiger partial charge in [-0.3, -0.25) is 4.57 Å². The summed E-state index contributed by atoms with van der Waals surface area (Å²) in [5.74, 6) is 2.49. The van der Waals surface area contributed by atoms with Crippen LogP contribution in [0.2, 0.25) is 0 Å². The third kappa shape index (κ3) is 5.70. The lowest BCUT2D eigenvalue weighted by Gasteiger charge is -2.22. The lowest BCUT2D eigenvalue weighted by Crippen LogP contribution is -2.44. The molecule has 32 heavy (non-hydrogen) atoms. The minimum Gasteiger partial charge on any atom is -0.495 e. The highest BCUT2D eigenvalue weighted by molar-refractivity contribution is 14.0. The molecule has 0 amide bonds. The number of rotatable bonds is 7. The fourth-order valence-electron chi connectivity index (χ4n) is 3.82. The van der Waals surface area contributed by atoms with Crippen molar-refractivity contribution in [2.75, 3.05) is 31.6 Å². The summed E-state index contributed by atoms with van der Waals surface area (Å²) < 4.78 is 7.49. The lowest BCUT2D eigenvalue weighted by molar-refractivity contribution is 0.415. The number of benzene rings is 2. The van der Waals surface area contributed by atoms with Gasteiger partial charge in [-0.25, -0.2) is 4.99 Å². The van der Waals surface area contributed by atoms with E-state index in [4.69, 9.17) is 9.73 Å². The van der Waals surface area contributed by atoms with Gasteiger partial charge in [0.15, 0.2) is 11.8 Å². The van der Waals surface area contributed by atoms with Crippen LogP contribution in [0, 0.1) is 0 Å². The van der Waals surface area contributed by atoms with E-state index in [1.807, 2.05) is 53.1 Å². The standard InChI is InChI=1S/C23H29N7O.HI/c1-3-24-23(25-15-22-28-26-17-30(22)19-9-5-4-6-10-19)27-18-13-14-29(16-18)20-11-7-8-12-21(20)31-2;/h4-12,17-18H,3,13-16H2,1-2H3,(H2,24,25,27);1H. The molecule has 1 fully saturated rings. The van der Waals surface area contributed by atoms with Gasteiger partial charge < -0.3 is 20.3 Å². The van der Waals surface area contributed by atoms with Crippen LogP contribution in [0.25, 0.3) is 5.69 Å². The van der Waals surface area contributed by atoms with E-state index in [1.165, 1.54) is 0 Å². The maximum Gasteiger partial charge on any atom is 0.191 e. The third-order valence-electron chi connectivity index (χ3n) is 5.33. The number of hydrogen-bond donors (Lipinski definition) is 2. The number of halogens is 1. The normalized spacial score (nSPS) is 15.9. The summed E-state index contributed by atoms with van der Waals surface area (Å²) in [6.45, 7) is 5.16. The summed E-state index contributed by atoms with van der Waals surface area (Å²) in [5.41, 5.74) is 2.16. The maximum absolute atomic E-state index is 5.53. The van der Waals surface area contributed by atoms with Crippen molar-refractivity contribution in [1.29, 1.82) is 0 Å². The van der Waals surface area contributed by atoms with Crippen LogP contribution >= 0.6 is 24.0 Å². The summed E-state index contributed by atoms with van der Waals surface area (Å²) in [5, 5.41) is 15.2. The molecule has 1 unspecified atom stereocenters. The SMILES string of the molecule is CCNC(=NCc1nncn1-c1ccccc1)NC1CCN(c2ccccc2OC)C1.I. The van der Waals surface area contributed by atoms with E-state index in [-0.39, 0.29) is 24.0 Å². The van der Waals surface area contributed by atoms with Crippen LogP contribution in [0.4, 0.5) is 5.69 Å². The van der Waals surface area contributed by atoms with Crippen LogP contribution in [0.1, 0.15) is 19.2 Å². The molecule has 2 heterocycles. The molecule has 8 nitrogen and oxygen atoms in total. The zero-order valence-corrected chi connectivity index (χ0v) is 20.8. The van der Waals surface area contributed by atoms with Gasteiger partial charge in [0.05, 0.1) is 12.8 Å². The molecule has 0 radical (unpaired) electrons. The van der Waals surface area contributed by atoms with Crippen LogP contribution in [-0.2, 0) is 6.54 Å². The second kappa shape index (κ2) is 11.7. The van der Waals surface area contributed by atoms with E-state index >= 15 is 0 Å². The Hall–Kier alpha value is -2.82. The van der Waals surface area contributed by atoms with Gasteiger partial charge >= 0.3 is 0 Å². The number of methoxy groups -OCH3 is 1. The van der Waals surface area contributed by atoms with Crippen molar-refractivity contribution < 1.29 is 4.74 Å². The summed E-state index contributed by atoms with van der Waals surface area (Å²) in [4.78, 5) is 7.12. The van der Waals surface area contributed by atoms with Crippen LogP contribution in [0.15, 0.2) is 65.9 Å². The Balaban J connectivity index is 0.00000289. The molecular weight excluding hydrogens is 517 g/mol. The molecule has 0 bridgehead atoms. The number of aromatic nitrogens is 3. The molecule has 2 N–H and O–H groups in total. The number of aliphatic imine (C=N–C) groups is 1. The van der Waals surface area contributed by atoms with Crippen molar-refractivity contribution in [3.8, 4) is 11.4 Å². The fourth-order valence-corrected chi connectivity index (χ4v) is 3.82. The number of nitrogens with zero attached hydrogens (tertiary/aromatic N) is 5. The molecule has 9 heteroatoms. The first kappa shape index (κ1) is 23.8. The van der Waals surface area contributed by atoms with Crippen molar-refractivity contribution in [2.45, 2.75) is 25.9 Å². The molecule has 2 aromatic carbocycles. The molecule has 1 aromatic heterocycles. The average molecular weight is 547 g/mol. The highest BCUT2D eigenvalue weighted by atomic mass is 127. The molecule has 4 rings (SSSR count). The fraction of sp³-hybridized carbons (Fsp3) is 0.348. The smallest absolute Gasteiger partial charge is 0.191 e. The van der Waals surface area contributed by atoms with E-state index in [1.54, 1.807) is 13.4 Å². The highest BCUT2D eigenvalue weighted by Gasteiger charge is 2.25. The number of ether oxygens (including phenoxy) is 1. The molecule has 1 atom stereocenters. The van der Waals surface area contributed by atoms with Gasteiger partial charge in [0.25, 0.3) is 0 Å². The highest BCUT2D eigenvalue weighted by Crippen LogP contribution is 2.30. The summed E-state index contributed by atoms with van der Waals surface area (Å²) in [6, 6.07) is 18.5. The van der Waals surface area contributed by atoms with E-state index in [2.05, 4.69) is 38.7 Å². The zero-order valence-electron chi connectivity index (χ0n) is 18.4. The molecule has 170 valence electrons. The van der Waals surface area contributed by atoms with Gasteiger partial charge in [-0.05, 0) is 37.6 Å². The average Bonchev–Trinajstić information content (AvgIpc) is 3.48. The monoisotopic (exact) mass is 547 g/mol. The number of para-hydroxylation sites is 3. The van der Waals surface area contributed by atoms with Crippen molar-refractivity contribution in [3.63, 3.8) is 0 Å². The molecule has 0 aliphatic carbocycles.